The van der Waals surface area contributed by atoms with E-state index in [1.165, 1.54) is 0 Å². The Hall–Kier alpha value is -3.14. The van der Waals surface area contributed by atoms with Gasteiger partial charge in [-0.25, -0.2) is 4.39 Å². The third-order valence-corrected chi connectivity index (χ3v) is 3.01. The number of nitrogens with zero attached hydrogens (tertiary/aromatic N) is 2. The summed E-state index contributed by atoms with van der Waals surface area (Å²) in [5.74, 6) is -8.40. The lowest BCUT2D eigenvalue weighted by atomic mass is 10.1. The number of nitrogens with one attached hydrogen (secondary N) is 2. The molecule has 17 heteroatoms. The summed E-state index contributed by atoms with van der Waals surface area (Å²) in [7, 11) is 0. The van der Waals surface area contributed by atoms with Crippen LogP contribution in [0.1, 0.15) is 5.56 Å². The highest BCUT2D eigenvalue weighted by Gasteiger charge is 2.60. The highest BCUT2D eigenvalue weighted by Crippen LogP contribution is 2.42. The maximum Gasteiger partial charge on any atom is 0.426 e. The van der Waals surface area contributed by atoms with Gasteiger partial charge in [-0.1, -0.05) is 0 Å². The van der Waals surface area contributed by atoms with Crippen molar-refractivity contribution in [3.63, 3.8) is 0 Å². The highest BCUT2D eigenvalue weighted by molar-refractivity contribution is 6.02. The van der Waals surface area contributed by atoms with Crippen molar-refractivity contribution in [2.24, 2.45) is 0 Å². The van der Waals surface area contributed by atoms with Crippen molar-refractivity contribution in [2.75, 3.05) is 5.32 Å². The van der Waals surface area contributed by atoms with Gasteiger partial charge in [0.2, 0.25) is 0 Å². The SMILES string of the molecule is N=C(Nc1c([N+](=O)[O-])cc(C(F)(F)F)cc1[N+](=O)[O-])C(F)(F)C(F)C(F)(F)F. The smallest absolute Gasteiger partial charge is 0.328 e. The second-order valence-electron chi connectivity index (χ2n) is 4.93. The molecule has 28 heavy (non-hydrogen) atoms. The number of nitro groups is 2. The number of halogens is 9. The van der Waals surface area contributed by atoms with Crippen LogP contribution in [-0.2, 0) is 6.18 Å². The summed E-state index contributed by atoms with van der Waals surface area (Å²) in [6, 6.07) is -0.672. The summed E-state index contributed by atoms with van der Waals surface area (Å²) >= 11 is 0. The summed E-state index contributed by atoms with van der Waals surface area (Å²) in [6.07, 6.45) is -16.5. The molecule has 0 saturated carbocycles. The van der Waals surface area contributed by atoms with Crippen LogP contribution in [0.3, 0.4) is 0 Å². The molecule has 156 valence electrons. The Balaban J connectivity index is 3.58. The minimum atomic E-state index is -6.19. The van der Waals surface area contributed by atoms with Gasteiger partial charge in [0.25, 0.3) is 17.5 Å². The molecule has 0 saturated heterocycles. The fourth-order valence-corrected chi connectivity index (χ4v) is 1.73. The molecule has 0 aliphatic heterocycles. The zero-order chi connectivity index (χ0) is 22.2. The fraction of sp³-hybridized carbons (Fsp3) is 0.364. The van der Waals surface area contributed by atoms with Gasteiger partial charge in [0.15, 0.2) is 11.5 Å². The van der Waals surface area contributed by atoms with Crippen LogP contribution in [-0.4, -0.2) is 34.0 Å². The summed E-state index contributed by atoms with van der Waals surface area (Å²) < 4.78 is 114. The van der Waals surface area contributed by atoms with E-state index in [1.807, 2.05) is 0 Å². The Morgan fingerprint density at radius 2 is 1.36 bits per heavy atom. The van der Waals surface area contributed by atoms with Crippen LogP contribution in [0, 0.1) is 25.6 Å². The zero-order valence-corrected chi connectivity index (χ0v) is 12.7. The molecule has 0 aliphatic carbocycles. The fourth-order valence-electron chi connectivity index (χ4n) is 1.73. The Bertz CT molecular complexity index is 786. The van der Waals surface area contributed by atoms with Gasteiger partial charge < -0.3 is 5.32 Å². The first kappa shape index (κ1) is 22.9. The quantitative estimate of drug-likeness (QED) is 0.236. The van der Waals surface area contributed by atoms with Gasteiger partial charge in [0, 0.05) is 12.1 Å². The number of alkyl halides is 9. The molecule has 0 amide bonds. The molecule has 1 aromatic carbocycles. The van der Waals surface area contributed by atoms with Gasteiger partial charge in [-0.15, -0.1) is 0 Å². The summed E-state index contributed by atoms with van der Waals surface area (Å²) in [6.45, 7) is 0. The molecule has 0 aromatic heterocycles. The van der Waals surface area contributed by atoms with Crippen molar-refractivity contribution in [3.8, 4) is 0 Å². The molecule has 1 aromatic rings. The maximum atomic E-state index is 13.4. The van der Waals surface area contributed by atoms with E-state index in [-0.39, 0.29) is 12.1 Å². The van der Waals surface area contributed by atoms with E-state index in [4.69, 9.17) is 5.41 Å². The van der Waals surface area contributed by atoms with E-state index in [9.17, 15) is 59.7 Å². The van der Waals surface area contributed by atoms with Gasteiger partial charge in [0.05, 0.1) is 15.4 Å². The van der Waals surface area contributed by atoms with E-state index >= 15 is 0 Å². The maximum absolute atomic E-state index is 13.4. The lowest BCUT2D eigenvalue weighted by Crippen LogP contribution is -2.49. The highest BCUT2D eigenvalue weighted by atomic mass is 19.4. The average Bonchev–Trinajstić information content (AvgIpc) is 2.51. The van der Waals surface area contributed by atoms with Crippen molar-refractivity contribution in [3.05, 3.63) is 37.9 Å². The molecule has 1 rings (SSSR count). The largest absolute Gasteiger partial charge is 0.426 e. The second-order valence-corrected chi connectivity index (χ2v) is 4.93. The summed E-state index contributed by atoms with van der Waals surface area (Å²) in [5.41, 5.74) is -7.43. The monoisotopic (exact) mass is 428 g/mol. The van der Waals surface area contributed by atoms with Crippen molar-refractivity contribution in [1.82, 2.24) is 0 Å². The molecular formula is C11H5F9N4O4. The summed E-state index contributed by atoms with van der Waals surface area (Å²) in [4.78, 5) is 18.3. The molecule has 0 bridgehead atoms. The van der Waals surface area contributed by atoms with Gasteiger partial charge in [-0.3, -0.25) is 25.6 Å². The van der Waals surface area contributed by atoms with E-state index in [0.717, 1.165) is 5.32 Å². The number of rotatable bonds is 5. The third kappa shape index (κ3) is 4.58. The zero-order valence-electron chi connectivity index (χ0n) is 12.7. The van der Waals surface area contributed by atoms with Crippen LogP contribution in [0.5, 0.6) is 0 Å². The third-order valence-electron chi connectivity index (χ3n) is 3.01. The number of hydrogen-bond acceptors (Lipinski definition) is 5. The number of benzene rings is 1. The Kier molecular flexibility index (Phi) is 5.82. The van der Waals surface area contributed by atoms with Crippen molar-refractivity contribution in [1.29, 1.82) is 5.41 Å². The van der Waals surface area contributed by atoms with Gasteiger partial charge in [-0.05, 0) is 0 Å². The minimum absolute atomic E-state index is 0.336. The molecule has 2 N–H and O–H groups in total. The van der Waals surface area contributed by atoms with Crippen LogP contribution in [0.15, 0.2) is 12.1 Å². The topological polar surface area (TPSA) is 122 Å². The first-order valence-corrected chi connectivity index (χ1v) is 6.39. The van der Waals surface area contributed by atoms with E-state index < -0.39 is 62.8 Å². The molecule has 1 atom stereocenters. The van der Waals surface area contributed by atoms with Crippen molar-refractivity contribution in [2.45, 2.75) is 24.4 Å². The Morgan fingerprint density at radius 1 is 0.964 bits per heavy atom. The van der Waals surface area contributed by atoms with Crippen LogP contribution in [0.4, 0.5) is 56.6 Å². The second kappa shape index (κ2) is 7.12. The Morgan fingerprint density at radius 3 is 1.64 bits per heavy atom. The average molecular weight is 428 g/mol. The van der Waals surface area contributed by atoms with Crippen LogP contribution < -0.4 is 5.32 Å². The molecule has 0 heterocycles. The molecule has 1 unspecified atom stereocenters. The predicted octanol–water partition coefficient (Wildman–Crippen LogP) is 4.45. The molecule has 0 aliphatic rings. The van der Waals surface area contributed by atoms with Gasteiger partial charge >= 0.3 is 18.3 Å². The Labute approximate surface area is 146 Å². The molecule has 0 spiro atoms. The predicted molar refractivity (Wildman–Crippen MR) is 72.0 cm³/mol. The van der Waals surface area contributed by atoms with E-state index in [0.29, 0.717) is 0 Å². The van der Waals surface area contributed by atoms with Crippen LogP contribution >= 0.6 is 0 Å². The minimum Gasteiger partial charge on any atom is -0.328 e. The molecule has 0 radical (unpaired) electrons. The lowest BCUT2D eigenvalue weighted by molar-refractivity contribution is -0.392. The molecule has 8 nitrogen and oxygen atoms in total. The van der Waals surface area contributed by atoms with Crippen molar-refractivity contribution < 1.29 is 49.4 Å². The van der Waals surface area contributed by atoms with E-state index in [2.05, 4.69) is 0 Å². The lowest BCUT2D eigenvalue weighted by Gasteiger charge is -2.23. The number of nitro benzene ring substituents is 2. The molecule has 0 fully saturated rings. The number of anilines is 1. The van der Waals surface area contributed by atoms with E-state index in [1.54, 1.807) is 0 Å². The summed E-state index contributed by atoms with van der Waals surface area (Å²) in [5, 5.41) is 29.4. The number of amidine groups is 1. The standard InChI is InChI=1S/C11H5F9N4O4/c12-7(11(18,19)20)9(13,14)8(21)22-6-4(23(25)26)1-3(10(15,16)17)2-5(6)24(27)28/h1-2,7H,(H2,21,22). The van der Waals surface area contributed by atoms with Crippen LogP contribution in [0.25, 0.3) is 0 Å². The normalized spacial score (nSPS) is 13.8. The van der Waals surface area contributed by atoms with Gasteiger partial charge in [0.1, 0.15) is 0 Å². The van der Waals surface area contributed by atoms with Gasteiger partial charge in [-0.2, -0.15) is 35.1 Å². The number of hydrogen-bond donors (Lipinski definition) is 2. The van der Waals surface area contributed by atoms with Crippen molar-refractivity contribution >= 4 is 22.9 Å². The first-order valence-electron chi connectivity index (χ1n) is 6.39. The first-order chi connectivity index (χ1) is 12.4. The van der Waals surface area contributed by atoms with Crippen LogP contribution in [0.2, 0.25) is 0 Å². The molecular weight excluding hydrogens is 423 g/mol.